The van der Waals surface area contributed by atoms with Crippen LogP contribution in [-0.4, -0.2) is 42.3 Å². The number of ether oxygens (including phenoxy) is 2. The molecule has 0 saturated carbocycles. The summed E-state index contributed by atoms with van der Waals surface area (Å²) in [4.78, 5) is 23.1. The van der Waals surface area contributed by atoms with Gasteiger partial charge >= 0.3 is 5.97 Å². The lowest BCUT2D eigenvalue weighted by Crippen LogP contribution is -2.54. The van der Waals surface area contributed by atoms with E-state index >= 15 is 0 Å². The second kappa shape index (κ2) is 8.14. The Morgan fingerprint density at radius 3 is 2.45 bits per heavy atom. The molecule has 1 rings (SSSR count). The third-order valence-corrected chi connectivity index (χ3v) is 3.45. The summed E-state index contributed by atoms with van der Waals surface area (Å²) >= 11 is 3.32. The van der Waals surface area contributed by atoms with E-state index in [0.717, 1.165) is 4.47 Å². The lowest BCUT2D eigenvalue weighted by Gasteiger charge is -2.29. The highest BCUT2D eigenvalue weighted by atomic mass is 79.9. The molecule has 2 atom stereocenters. The SMILES string of the molecule is COCC(C)(CC(=O)O)NC(=O)C(C)Oc1ccc(Br)cc1. The van der Waals surface area contributed by atoms with E-state index in [1.165, 1.54) is 7.11 Å². The van der Waals surface area contributed by atoms with Crippen LogP contribution in [0.1, 0.15) is 20.3 Å². The van der Waals surface area contributed by atoms with E-state index in [1.807, 2.05) is 0 Å². The fourth-order valence-electron chi connectivity index (χ4n) is 1.95. The van der Waals surface area contributed by atoms with Crippen LogP contribution in [0.5, 0.6) is 5.75 Å². The first kappa shape index (κ1) is 18.4. The van der Waals surface area contributed by atoms with Gasteiger partial charge in [0.1, 0.15) is 5.75 Å². The molecule has 1 aromatic carbocycles. The highest BCUT2D eigenvalue weighted by Crippen LogP contribution is 2.18. The highest BCUT2D eigenvalue weighted by Gasteiger charge is 2.31. The monoisotopic (exact) mass is 373 g/mol. The summed E-state index contributed by atoms with van der Waals surface area (Å²) in [5, 5.41) is 11.6. The molecule has 0 aromatic heterocycles. The zero-order valence-electron chi connectivity index (χ0n) is 12.8. The number of carboxylic acids is 1. The number of methoxy groups -OCH3 is 1. The van der Waals surface area contributed by atoms with Gasteiger partial charge in [0.05, 0.1) is 18.6 Å². The Hall–Kier alpha value is -1.60. The van der Waals surface area contributed by atoms with E-state index < -0.39 is 23.5 Å². The number of carbonyl (C=O) groups excluding carboxylic acids is 1. The Morgan fingerprint density at radius 1 is 1.36 bits per heavy atom. The minimum absolute atomic E-state index is 0.0933. The molecule has 0 aliphatic heterocycles. The van der Waals surface area contributed by atoms with Crippen molar-refractivity contribution in [2.45, 2.75) is 31.9 Å². The van der Waals surface area contributed by atoms with Gasteiger partial charge in [-0.05, 0) is 38.1 Å². The summed E-state index contributed by atoms with van der Waals surface area (Å²) < 4.78 is 11.4. The van der Waals surface area contributed by atoms with E-state index in [2.05, 4.69) is 21.2 Å². The lowest BCUT2D eigenvalue weighted by molar-refractivity contribution is -0.140. The molecule has 1 aromatic rings. The second-order valence-electron chi connectivity index (χ2n) is 5.27. The van der Waals surface area contributed by atoms with Crippen molar-refractivity contribution in [1.29, 1.82) is 0 Å². The number of carboxylic acid groups (broad SMARTS) is 1. The number of halogens is 1. The second-order valence-corrected chi connectivity index (χ2v) is 6.18. The van der Waals surface area contributed by atoms with Crippen LogP contribution < -0.4 is 10.1 Å². The molecule has 6 nitrogen and oxygen atoms in total. The van der Waals surface area contributed by atoms with Crippen molar-refractivity contribution in [3.05, 3.63) is 28.7 Å². The largest absolute Gasteiger partial charge is 0.481 e. The molecule has 0 aliphatic rings. The molecule has 0 spiro atoms. The van der Waals surface area contributed by atoms with Crippen molar-refractivity contribution >= 4 is 27.8 Å². The fraction of sp³-hybridized carbons (Fsp3) is 0.467. The first-order valence-corrected chi connectivity index (χ1v) is 7.50. The van der Waals surface area contributed by atoms with Crippen LogP contribution >= 0.6 is 15.9 Å². The van der Waals surface area contributed by atoms with Gasteiger partial charge in [-0.15, -0.1) is 0 Å². The molecule has 0 radical (unpaired) electrons. The molecule has 22 heavy (non-hydrogen) atoms. The van der Waals surface area contributed by atoms with Gasteiger partial charge < -0.3 is 19.9 Å². The summed E-state index contributed by atoms with van der Waals surface area (Å²) in [6.45, 7) is 3.32. The van der Waals surface area contributed by atoms with E-state index in [0.29, 0.717) is 5.75 Å². The van der Waals surface area contributed by atoms with Crippen LogP contribution in [0.25, 0.3) is 0 Å². The lowest BCUT2D eigenvalue weighted by atomic mass is 9.98. The number of hydrogen-bond acceptors (Lipinski definition) is 4. The van der Waals surface area contributed by atoms with Gasteiger partial charge in [0.25, 0.3) is 5.91 Å². The Morgan fingerprint density at radius 2 is 1.95 bits per heavy atom. The summed E-state index contributed by atoms with van der Waals surface area (Å²) in [6.07, 6.45) is -0.997. The Bertz CT molecular complexity index is 519. The van der Waals surface area contributed by atoms with Gasteiger partial charge in [-0.1, -0.05) is 15.9 Å². The maximum Gasteiger partial charge on any atom is 0.305 e. The number of rotatable bonds is 8. The average Bonchev–Trinajstić information content (AvgIpc) is 2.40. The van der Waals surface area contributed by atoms with Crippen molar-refractivity contribution in [2.24, 2.45) is 0 Å². The van der Waals surface area contributed by atoms with E-state index in [1.54, 1.807) is 38.1 Å². The van der Waals surface area contributed by atoms with Crippen molar-refractivity contribution in [3.8, 4) is 5.75 Å². The first-order chi connectivity index (χ1) is 10.3. The quantitative estimate of drug-likeness (QED) is 0.729. The van der Waals surface area contributed by atoms with Gasteiger partial charge in [0.2, 0.25) is 0 Å². The normalized spacial score (nSPS) is 14.7. The number of nitrogens with one attached hydrogen (secondary N) is 1. The van der Waals surface area contributed by atoms with Gasteiger partial charge in [0.15, 0.2) is 6.10 Å². The van der Waals surface area contributed by atoms with Crippen molar-refractivity contribution in [1.82, 2.24) is 5.32 Å². The van der Waals surface area contributed by atoms with Crippen LogP contribution in [0.15, 0.2) is 28.7 Å². The molecule has 122 valence electrons. The third kappa shape index (κ3) is 6.03. The maximum absolute atomic E-state index is 12.2. The molecule has 0 fully saturated rings. The summed E-state index contributed by atoms with van der Waals surface area (Å²) in [5.74, 6) is -0.859. The third-order valence-electron chi connectivity index (χ3n) is 2.92. The topological polar surface area (TPSA) is 84.9 Å². The standard InChI is InChI=1S/C15H20BrNO5/c1-10(22-12-6-4-11(16)5-7-12)14(20)17-15(2,9-21-3)8-13(18)19/h4-7,10H,8-9H2,1-3H3,(H,17,20)(H,18,19). The summed E-state index contributed by atoms with van der Waals surface area (Å²) in [5.41, 5.74) is -0.991. The summed E-state index contributed by atoms with van der Waals surface area (Å²) in [6, 6.07) is 7.08. The van der Waals surface area contributed by atoms with E-state index in [4.69, 9.17) is 14.6 Å². The Kier molecular flexibility index (Phi) is 6.83. The molecule has 0 aliphatic carbocycles. The molecule has 2 unspecified atom stereocenters. The molecule has 0 saturated heterocycles. The molecule has 1 amide bonds. The number of aliphatic carboxylic acids is 1. The number of amides is 1. The van der Waals surface area contributed by atoms with E-state index in [9.17, 15) is 9.59 Å². The minimum atomic E-state index is -1.01. The van der Waals surface area contributed by atoms with Gasteiger partial charge in [-0.25, -0.2) is 0 Å². The van der Waals surface area contributed by atoms with Crippen LogP contribution in [0.4, 0.5) is 0 Å². The van der Waals surface area contributed by atoms with Crippen molar-refractivity contribution in [2.75, 3.05) is 13.7 Å². The first-order valence-electron chi connectivity index (χ1n) is 6.71. The molecule has 0 bridgehead atoms. The van der Waals surface area contributed by atoms with Crippen molar-refractivity contribution < 1.29 is 24.2 Å². The zero-order chi connectivity index (χ0) is 16.8. The minimum Gasteiger partial charge on any atom is -0.481 e. The maximum atomic E-state index is 12.2. The Labute approximate surface area is 137 Å². The predicted molar refractivity (Wildman–Crippen MR) is 84.9 cm³/mol. The van der Waals surface area contributed by atoms with Crippen LogP contribution in [-0.2, 0) is 14.3 Å². The van der Waals surface area contributed by atoms with Gasteiger partial charge in [-0.3, -0.25) is 9.59 Å². The molecule has 7 heteroatoms. The average molecular weight is 374 g/mol. The Balaban J connectivity index is 2.68. The van der Waals surface area contributed by atoms with E-state index in [-0.39, 0.29) is 13.0 Å². The highest BCUT2D eigenvalue weighted by molar-refractivity contribution is 9.10. The van der Waals surface area contributed by atoms with Crippen LogP contribution in [0.3, 0.4) is 0 Å². The number of hydrogen-bond donors (Lipinski definition) is 2. The zero-order valence-corrected chi connectivity index (χ0v) is 14.3. The van der Waals surface area contributed by atoms with Gasteiger partial charge in [-0.2, -0.15) is 0 Å². The number of carbonyl (C=O) groups is 2. The van der Waals surface area contributed by atoms with Crippen LogP contribution in [0.2, 0.25) is 0 Å². The van der Waals surface area contributed by atoms with Gasteiger partial charge in [0, 0.05) is 11.6 Å². The van der Waals surface area contributed by atoms with Crippen molar-refractivity contribution in [3.63, 3.8) is 0 Å². The molecular weight excluding hydrogens is 354 g/mol. The molecule has 0 heterocycles. The smallest absolute Gasteiger partial charge is 0.305 e. The molecule has 2 N–H and O–H groups in total. The predicted octanol–water partition coefficient (Wildman–Crippen LogP) is 2.21. The number of benzene rings is 1. The fourth-order valence-corrected chi connectivity index (χ4v) is 2.22. The van der Waals surface area contributed by atoms with Crippen LogP contribution in [0, 0.1) is 0 Å². The summed E-state index contributed by atoms with van der Waals surface area (Å²) in [7, 11) is 1.45. The molecular formula is C15H20BrNO5.